The number of amides is 1. The van der Waals surface area contributed by atoms with Gasteiger partial charge < -0.3 is 13.4 Å². The summed E-state index contributed by atoms with van der Waals surface area (Å²) in [6.07, 6.45) is 3.65. The number of aromatic nitrogens is 3. The fourth-order valence-corrected chi connectivity index (χ4v) is 4.28. The van der Waals surface area contributed by atoms with Crippen LogP contribution >= 0.6 is 11.8 Å². The second-order valence-corrected chi connectivity index (χ2v) is 8.10. The van der Waals surface area contributed by atoms with Crippen molar-refractivity contribution in [3.63, 3.8) is 0 Å². The van der Waals surface area contributed by atoms with E-state index >= 15 is 0 Å². The maximum atomic E-state index is 13.2. The molecule has 4 aromatic rings. The second kappa shape index (κ2) is 8.46. The largest absolute Gasteiger partial charge is 0.467 e. The van der Waals surface area contributed by atoms with Gasteiger partial charge in [0.05, 0.1) is 18.3 Å². The van der Waals surface area contributed by atoms with E-state index in [-0.39, 0.29) is 23.5 Å². The van der Waals surface area contributed by atoms with Crippen LogP contribution in [0.5, 0.6) is 0 Å². The number of rotatable bonds is 6. The minimum atomic E-state index is -0.340. The number of furan rings is 2. The highest BCUT2D eigenvalue weighted by Gasteiger charge is 2.35. The van der Waals surface area contributed by atoms with Gasteiger partial charge in [-0.25, -0.2) is 9.40 Å². The van der Waals surface area contributed by atoms with Crippen molar-refractivity contribution in [2.45, 2.75) is 17.6 Å². The standard InChI is InChI=1S/C22H18FN5O3S/c1-27-21(14-6-8-15(23)9-7-14)24-25-22(27)32-13-20(29)28-17(19-5-3-11-31-19)12-16(26-28)18-4-2-10-30-18/h2-11,17H,12-13H2,1H3. The molecule has 1 aliphatic rings. The summed E-state index contributed by atoms with van der Waals surface area (Å²) in [5.74, 6) is 1.48. The van der Waals surface area contributed by atoms with Crippen molar-refractivity contribution in [3.05, 3.63) is 78.4 Å². The van der Waals surface area contributed by atoms with Crippen LogP contribution in [0.3, 0.4) is 0 Å². The van der Waals surface area contributed by atoms with Gasteiger partial charge in [0.2, 0.25) is 0 Å². The van der Waals surface area contributed by atoms with Crippen LogP contribution in [0.4, 0.5) is 4.39 Å². The van der Waals surface area contributed by atoms with Crippen molar-refractivity contribution in [3.8, 4) is 11.4 Å². The number of carbonyl (C=O) groups excluding carboxylic acids is 1. The molecule has 0 aliphatic carbocycles. The fraction of sp³-hybridized carbons (Fsp3) is 0.182. The molecule has 1 unspecified atom stereocenters. The average molecular weight is 451 g/mol. The summed E-state index contributed by atoms with van der Waals surface area (Å²) in [4.78, 5) is 13.1. The first-order valence-electron chi connectivity index (χ1n) is 9.85. The zero-order valence-electron chi connectivity index (χ0n) is 17.0. The molecule has 162 valence electrons. The summed E-state index contributed by atoms with van der Waals surface area (Å²) in [6, 6.07) is 12.9. The Morgan fingerprint density at radius 3 is 2.62 bits per heavy atom. The van der Waals surface area contributed by atoms with Gasteiger partial charge in [-0.3, -0.25) is 4.79 Å². The van der Waals surface area contributed by atoms with Crippen LogP contribution in [0, 0.1) is 5.82 Å². The number of hydrazone groups is 1. The topological polar surface area (TPSA) is 89.7 Å². The molecule has 3 aromatic heterocycles. The van der Waals surface area contributed by atoms with Crippen molar-refractivity contribution >= 4 is 23.4 Å². The summed E-state index contributed by atoms with van der Waals surface area (Å²) >= 11 is 1.26. The van der Waals surface area contributed by atoms with E-state index in [1.54, 1.807) is 48.4 Å². The predicted molar refractivity (Wildman–Crippen MR) is 115 cm³/mol. The zero-order chi connectivity index (χ0) is 22.1. The normalized spacial score (nSPS) is 15.9. The summed E-state index contributed by atoms with van der Waals surface area (Å²) < 4.78 is 26.0. The van der Waals surface area contributed by atoms with E-state index in [1.807, 2.05) is 12.1 Å². The minimum Gasteiger partial charge on any atom is -0.467 e. The van der Waals surface area contributed by atoms with E-state index in [2.05, 4.69) is 15.3 Å². The van der Waals surface area contributed by atoms with Gasteiger partial charge in [-0.05, 0) is 48.5 Å². The molecule has 1 atom stereocenters. The minimum absolute atomic E-state index is 0.113. The quantitative estimate of drug-likeness (QED) is 0.407. The average Bonchev–Trinajstić information content (AvgIpc) is 3.59. The molecular formula is C22H18FN5O3S. The number of hydrogen-bond acceptors (Lipinski definition) is 7. The molecule has 4 heterocycles. The van der Waals surface area contributed by atoms with E-state index in [0.29, 0.717) is 34.6 Å². The molecule has 10 heteroatoms. The lowest BCUT2D eigenvalue weighted by molar-refractivity contribution is -0.130. The van der Waals surface area contributed by atoms with Crippen molar-refractivity contribution in [1.82, 2.24) is 19.8 Å². The van der Waals surface area contributed by atoms with Gasteiger partial charge in [-0.2, -0.15) is 5.10 Å². The van der Waals surface area contributed by atoms with Crippen molar-refractivity contribution < 1.29 is 18.0 Å². The Morgan fingerprint density at radius 2 is 1.91 bits per heavy atom. The van der Waals surface area contributed by atoms with Gasteiger partial charge in [-0.1, -0.05) is 11.8 Å². The molecule has 32 heavy (non-hydrogen) atoms. The van der Waals surface area contributed by atoms with Gasteiger partial charge in [0.1, 0.15) is 29.1 Å². The van der Waals surface area contributed by atoms with Gasteiger partial charge >= 0.3 is 0 Å². The Kier molecular flexibility index (Phi) is 5.36. The van der Waals surface area contributed by atoms with Crippen LogP contribution in [-0.2, 0) is 11.8 Å². The highest BCUT2D eigenvalue weighted by Crippen LogP contribution is 2.34. The summed E-state index contributed by atoms with van der Waals surface area (Å²) in [6.45, 7) is 0. The monoisotopic (exact) mass is 451 g/mol. The predicted octanol–water partition coefficient (Wildman–Crippen LogP) is 4.28. The van der Waals surface area contributed by atoms with E-state index in [0.717, 1.165) is 5.56 Å². The number of hydrogen-bond donors (Lipinski definition) is 0. The third kappa shape index (κ3) is 3.84. The van der Waals surface area contributed by atoms with Gasteiger partial charge in [0.15, 0.2) is 11.0 Å². The number of benzene rings is 1. The molecule has 0 N–H and O–H groups in total. The third-order valence-electron chi connectivity index (χ3n) is 5.11. The Morgan fingerprint density at radius 1 is 1.12 bits per heavy atom. The Labute approximate surface area is 186 Å². The molecule has 1 aliphatic heterocycles. The first kappa shape index (κ1) is 20.3. The summed E-state index contributed by atoms with van der Waals surface area (Å²) in [5, 5.41) is 14.9. The second-order valence-electron chi connectivity index (χ2n) is 7.16. The molecule has 0 fully saturated rings. The summed E-state index contributed by atoms with van der Waals surface area (Å²) in [5.41, 5.74) is 1.43. The number of thioether (sulfide) groups is 1. The molecule has 8 nitrogen and oxygen atoms in total. The highest BCUT2D eigenvalue weighted by atomic mass is 32.2. The lowest BCUT2D eigenvalue weighted by Gasteiger charge is -2.19. The van der Waals surface area contributed by atoms with Crippen molar-refractivity contribution in [1.29, 1.82) is 0 Å². The Bertz CT molecular complexity index is 1250. The lowest BCUT2D eigenvalue weighted by atomic mass is 10.1. The van der Waals surface area contributed by atoms with Crippen LogP contribution in [0.2, 0.25) is 0 Å². The fourth-order valence-electron chi connectivity index (χ4n) is 3.52. The Balaban J connectivity index is 1.33. The van der Waals surface area contributed by atoms with Gasteiger partial charge in [-0.15, -0.1) is 10.2 Å². The van der Waals surface area contributed by atoms with Crippen LogP contribution in [0.25, 0.3) is 11.4 Å². The Hall–Kier alpha value is -3.66. The maximum absolute atomic E-state index is 13.2. The molecule has 1 aromatic carbocycles. The number of halogens is 1. The van der Waals surface area contributed by atoms with Crippen molar-refractivity contribution in [2.24, 2.45) is 12.1 Å². The van der Waals surface area contributed by atoms with Crippen LogP contribution < -0.4 is 0 Å². The molecular weight excluding hydrogens is 433 g/mol. The number of nitrogens with zero attached hydrogens (tertiary/aromatic N) is 5. The molecule has 0 saturated heterocycles. The SMILES string of the molecule is Cn1c(SCC(=O)N2N=C(c3ccco3)CC2c2ccco2)nnc1-c1ccc(F)cc1. The summed E-state index contributed by atoms with van der Waals surface area (Å²) in [7, 11) is 1.81. The van der Waals surface area contributed by atoms with Gasteiger partial charge in [0.25, 0.3) is 5.91 Å². The molecule has 1 amide bonds. The molecule has 0 spiro atoms. The molecule has 0 bridgehead atoms. The first-order chi connectivity index (χ1) is 15.6. The van der Waals surface area contributed by atoms with Crippen LogP contribution in [-0.4, -0.2) is 37.1 Å². The van der Waals surface area contributed by atoms with E-state index in [4.69, 9.17) is 8.83 Å². The van der Waals surface area contributed by atoms with Crippen molar-refractivity contribution in [2.75, 3.05) is 5.75 Å². The van der Waals surface area contributed by atoms with Crippen LogP contribution in [0.15, 0.2) is 80.1 Å². The molecule has 0 saturated carbocycles. The smallest absolute Gasteiger partial charge is 0.253 e. The molecule has 0 radical (unpaired) electrons. The maximum Gasteiger partial charge on any atom is 0.253 e. The van der Waals surface area contributed by atoms with Gasteiger partial charge in [0, 0.05) is 19.0 Å². The molecule has 5 rings (SSSR count). The highest BCUT2D eigenvalue weighted by molar-refractivity contribution is 7.99. The zero-order valence-corrected chi connectivity index (χ0v) is 17.8. The first-order valence-corrected chi connectivity index (χ1v) is 10.8. The number of carbonyl (C=O) groups is 1. The van der Waals surface area contributed by atoms with E-state index < -0.39 is 0 Å². The third-order valence-corrected chi connectivity index (χ3v) is 6.11. The lowest BCUT2D eigenvalue weighted by Crippen LogP contribution is -2.28. The van der Waals surface area contributed by atoms with Crippen LogP contribution in [0.1, 0.15) is 24.0 Å². The van der Waals surface area contributed by atoms with E-state index in [9.17, 15) is 9.18 Å². The van der Waals surface area contributed by atoms with E-state index in [1.165, 1.54) is 28.9 Å².